The Bertz CT molecular complexity index is 627. The van der Waals surface area contributed by atoms with Crippen molar-refractivity contribution in [1.82, 2.24) is 5.43 Å². The molecule has 0 radical (unpaired) electrons. The fraction of sp³-hybridized carbons (Fsp3) is 0.312. The van der Waals surface area contributed by atoms with Gasteiger partial charge >= 0.3 is 0 Å². The Morgan fingerprint density at radius 2 is 1.87 bits per heavy atom. The van der Waals surface area contributed by atoms with E-state index in [0.29, 0.717) is 6.41 Å². The van der Waals surface area contributed by atoms with Crippen molar-refractivity contribution in [2.75, 3.05) is 24.0 Å². The number of hydrogen-bond acceptors (Lipinski definition) is 6. The minimum absolute atomic E-state index is 0.403. The normalized spacial score (nSPS) is 9.65. The van der Waals surface area contributed by atoms with Crippen molar-refractivity contribution in [1.29, 1.82) is 0 Å². The van der Waals surface area contributed by atoms with Gasteiger partial charge in [-0.1, -0.05) is 12.1 Å². The van der Waals surface area contributed by atoms with Crippen molar-refractivity contribution in [3.05, 3.63) is 45.6 Å². The number of para-hydroxylation sites is 1. The van der Waals surface area contributed by atoms with Crippen molar-refractivity contribution in [2.24, 2.45) is 11.7 Å². The van der Waals surface area contributed by atoms with E-state index in [0.717, 1.165) is 12.2 Å². The van der Waals surface area contributed by atoms with Crippen LogP contribution in [0.15, 0.2) is 30.3 Å². The molecular weight excluding hydrogens is 310 g/mol. The first kappa shape index (κ1) is 19.0. The van der Waals surface area contributed by atoms with Gasteiger partial charge in [-0.15, -0.1) is 11.3 Å². The third-order valence-electron chi connectivity index (χ3n) is 3.24. The molecule has 0 unspecified atom stereocenters. The zero-order valence-corrected chi connectivity index (χ0v) is 14.9. The highest BCUT2D eigenvalue weighted by Gasteiger charge is 2.13. The van der Waals surface area contributed by atoms with E-state index in [1.807, 2.05) is 24.5 Å². The van der Waals surface area contributed by atoms with Crippen molar-refractivity contribution < 1.29 is 4.79 Å². The topological polar surface area (TPSA) is 87.6 Å². The summed E-state index contributed by atoms with van der Waals surface area (Å²) in [6.45, 7) is 5.17. The Kier molecular flexibility index (Phi) is 7.53. The highest BCUT2D eigenvalue weighted by Crippen LogP contribution is 2.32. The molecule has 23 heavy (non-hydrogen) atoms. The summed E-state index contributed by atoms with van der Waals surface area (Å²) in [5.41, 5.74) is 5.24. The first-order valence-corrected chi connectivity index (χ1v) is 7.96. The molecule has 0 saturated carbocycles. The summed E-state index contributed by atoms with van der Waals surface area (Å²) in [6.07, 6.45) is 0.403. The highest BCUT2D eigenvalue weighted by molar-refractivity contribution is 7.11. The lowest BCUT2D eigenvalue weighted by molar-refractivity contribution is -0.109. The molecule has 0 bridgehead atoms. The average molecular weight is 335 g/mol. The number of nitrogens with one attached hydrogen (secondary N) is 1. The molecule has 6 nitrogen and oxygen atoms in total. The molecule has 0 aliphatic carbocycles. The van der Waals surface area contributed by atoms with Crippen molar-refractivity contribution in [3.8, 4) is 0 Å². The van der Waals surface area contributed by atoms with Crippen LogP contribution in [0.2, 0.25) is 0 Å². The lowest BCUT2D eigenvalue weighted by atomic mass is 10.1. The number of carbonyl (C=O) groups excluding carboxylic acids is 1. The van der Waals surface area contributed by atoms with Crippen LogP contribution in [-0.2, 0) is 11.3 Å². The van der Waals surface area contributed by atoms with Gasteiger partial charge in [0, 0.05) is 23.8 Å². The van der Waals surface area contributed by atoms with E-state index < -0.39 is 0 Å². The molecule has 2 aromatic rings. The number of anilines is 2. The van der Waals surface area contributed by atoms with E-state index >= 15 is 0 Å². The maximum Gasteiger partial charge on any atom is 0.221 e. The summed E-state index contributed by atoms with van der Waals surface area (Å²) in [6, 6.07) is 10.6. The molecule has 0 atom stereocenters. The molecular formula is C16H25N5OS. The zero-order valence-electron chi connectivity index (χ0n) is 14.0. The Balaban J connectivity index is 0.000000593. The molecule has 0 fully saturated rings. The van der Waals surface area contributed by atoms with Gasteiger partial charge in [0.25, 0.3) is 0 Å². The molecule has 1 aromatic heterocycles. The van der Waals surface area contributed by atoms with Crippen molar-refractivity contribution in [3.63, 3.8) is 0 Å². The van der Waals surface area contributed by atoms with Gasteiger partial charge in [-0.25, -0.2) is 11.7 Å². The number of rotatable bonds is 5. The van der Waals surface area contributed by atoms with E-state index in [9.17, 15) is 0 Å². The lowest BCUT2D eigenvalue weighted by Gasteiger charge is -2.27. The summed E-state index contributed by atoms with van der Waals surface area (Å²) in [7, 11) is 3.99. The van der Waals surface area contributed by atoms with Gasteiger partial charge in [0.1, 0.15) is 0 Å². The molecule has 0 spiro atoms. The molecule has 7 heteroatoms. The molecule has 0 saturated heterocycles. The molecule has 1 amide bonds. The second kappa shape index (κ2) is 9.14. The van der Waals surface area contributed by atoms with E-state index in [1.165, 1.54) is 21.0 Å². The summed E-state index contributed by atoms with van der Waals surface area (Å²) in [5.74, 6) is 10.3. The Labute approximate surface area is 141 Å². The van der Waals surface area contributed by atoms with Crippen molar-refractivity contribution in [2.45, 2.75) is 20.4 Å². The number of nitrogens with two attached hydrogens (primary N) is 2. The highest BCUT2D eigenvalue weighted by atomic mass is 32.1. The summed E-state index contributed by atoms with van der Waals surface area (Å²) in [5, 5.41) is 1.68. The third-order valence-corrected chi connectivity index (χ3v) is 4.22. The fourth-order valence-electron chi connectivity index (χ4n) is 2.31. The Morgan fingerprint density at radius 1 is 1.22 bits per heavy atom. The van der Waals surface area contributed by atoms with Crippen LogP contribution in [0.4, 0.5) is 11.4 Å². The maximum atomic E-state index is 8.94. The number of nitrogens with zero attached hydrogens (tertiary/aromatic N) is 2. The molecule has 5 N–H and O–H groups in total. The monoisotopic (exact) mass is 335 g/mol. The predicted molar refractivity (Wildman–Crippen MR) is 98.3 cm³/mol. The second-order valence-electron chi connectivity index (χ2n) is 5.21. The van der Waals surface area contributed by atoms with Gasteiger partial charge in [0.2, 0.25) is 6.41 Å². The number of hydrazine groups is 2. The number of hydrogen-bond donors (Lipinski definition) is 3. The van der Waals surface area contributed by atoms with Crippen LogP contribution in [-0.4, -0.2) is 20.5 Å². The Hall–Kier alpha value is -2.09. The van der Waals surface area contributed by atoms with Gasteiger partial charge < -0.3 is 9.91 Å². The van der Waals surface area contributed by atoms with Crippen LogP contribution < -0.4 is 27.0 Å². The maximum absolute atomic E-state index is 8.94. The van der Waals surface area contributed by atoms with E-state index in [2.05, 4.69) is 55.9 Å². The van der Waals surface area contributed by atoms with Gasteiger partial charge in [0.15, 0.2) is 0 Å². The number of thiophene rings is 1. The smallest absolute Gasteiger partial charge is 0.221 e. The average Bonchev–Trinajstić information content (AvgIpc) is 2.92. The number of carbonyl (C=O) groups is 1. The van der Waals surface area contributed by atoms with E-state index in [-0.39, 0.29) is 0 Å². The molecule has 126 valence electrons. The SMILES string of the molecule is Cc1ccc(CN(C)c2c(C)cccc2N(C)N)s1.NNC=O. The third kappa shape index (κ3) is 5.55. The van der Waals surface area contributed by atoms with Gasteiger partial charge in [0.05, 0.1) is 17.9 Å². The van der Waals surface area contributed by atoms with Gasteiger partial charge in [-0.2, -0.15) is 0 Å². The zero-order chi connectivity index (χ0) is 17.4. The van der Waals surface area contributed by atoms with Crippen molar-refractivity contribution >= 4 is 29.1 Å². The lowest BCUT2D eigenvalue weighted by Crippen LogP contribution is -2.28. The van der Waals surface area contributed by atoms with Crippen LogP contribution in [0.25, 0.3) is 0 Å². The summed E-state index contributed by atoms with van der Waals surface area (Å²) in [4.78, 5) is 13.9. The van der Waals surface area contributed by atoms with Gasteiger partial charge in [-0.05, 0) is 37.6 Å². The molecule has 0 aliphatic rings. The quantitative estimate of drug-likeness (QED) is 0.336. The van der Waals surface area contributed by atoms with Crippen LogP contribution in [0.1, 0.15) is 15.3 Å². The first-order valence-electron chi connectivity index (χ1n) is 7.15. The second-order valence-corrected chi connectivity index (χ2v) is 6.58. The number of amides is 1. The summed E-state index contributed by atoms with van der Waals surface area (Å²) < 4.78 is 0. The van der Waals surface area contributed by atoms with Crippen LogP contribution >= 0.6 is 11.3 Å². The number of benzene rings is 1. The molecule has 2 rings (SSSR count). The minimum Gasteiger partial charge on any atom is -0.368 e. The van der Waals surface area contributed by atoms with Crippen LogP contribution in [0, 0.1) is 13.8 Å². The standard InChI is InChI=1S/C15H21N3S.CH4N2O/c1-11-6-5-7-14(18(4)16)15(11)17(3)10-13-9-8-12(2)19-13;2-3-1-4/h5-9H,10,16H2,1-4H3;1H,2H2,(H,3,4). The van der Waals surface area contributed by atoms with Crippen LogP contribution in [0.5, 0.6) is 0 Å². The van der Waals surface area contributed by atoms with E-state index in [1.54, 1.807) is 10.4 Å². The summed E-state index contributed by atoms with van der Waals surface area (Å²) >= 11 is 1.84. The molecule has 1 heterocycles. The van der Waals surface area contributed by atoms with E-state index in [4.69, 9.17) is 10.6 Å². The largest absolute Gasteiger partial charge is 0.368 e. The number of aryl methyl sites for hydroxylation is 2. The molecule has 0 aliphatic heterocycles. The fourth-order valence-corrected chi connectivity index (χ4v) is 3.25. The van der Waals surface area contributed by atoms with Crippen LogP contribution in [0.3, 0.4) is 0 Å². The first-order chi connectivity index (χ1) is 10.9. The predicted octanol–water partition coefficient (Wildman–Crippen LogP) is 1.92. The Morgan fingerprint density at radius 3 is 2.35 bits per heavy atom. The molecule has 1 aromatic carbocycles. The minimum atomic E-state index is 0.403. The van der Waals surface area contributed by atoms with Gasteiger partial charge in [-0.3, -0.25) is 10.2 Å².